The number of nitrogens with two attached hydrogens (primary N) is 1. The Morgan fingerprint density at radius 1 is 1.16 bits per heavy atom. The summed E-state index contributed by atoms with van der Waals surface area (Å²) in [4.78, 5) is 21.2. The number of carbonyl (C=O) groups is 1. The van der Waals surface area contributed by atoms with Gasteiger partial charge in [0.15, 0.2) is 0 Å². The Hall–Kier alpha value is -2.67. The number of primary amides is 1. The monoisotopic (exact) mass is 440 g/mol. The highest BCUT2D eigenvalue weighted by Gasteiger charge is 2.27. The molecule has 0 spiro atoms. The van der Waals surface area contributed by atoms with E-state index in [2.05, 4.69) is 39.1 Å². The molecule has 1 atom stereocenters. The topological polar surface area (TPSA) is 99.4 Å². The molecule has 0 aliphatic heterocycles. The van der Waals surface area contributed by atoms with E-state index in [-0.39, 0.29) is 12.7 Å². The van der Waals surface area contributed by atoms with Gasteiger partial charge in [-0.2, -0.15) is 0 Å². The number of ether oxygens (including phenoxy) is 2. The van der Waals surface area contributed by atoms with E-state index in [1.54, 1.807) is 7.11 Å². The first-order chi connectivity index (χ1) is 15.4. The normalized spacial score (nSPS) is 15.1. The van der Waals surface area contributed by atoms with E-state index in [1.165, 1.54) is 5.56 Å². The molecule has 7 nitrogen and oxygen atoms in total. The predicted octanol–water partition coefficient (Wildman–Crippen LogP) is 4.37. The Morgan fingerprint density at radius 2 is 1.88 bits per heavy atom. The summed E-state index contributed by atoms with van der Waals surface area (Å²) >= 11 is 0. The van der Waals surface area contributed by atoms with Gasteiger partial charge in [0.25, 0.3) is 0 Å². The van der Waals surface area contributed by atoms with Crippen LogP contribution in [0.4, 0.5) is 5.82 Å². The lowest BCUT2D eigenvalue weighted by atomic mass is 10.00. The molecule has 1 aromatic heterocycles. The quantitative estimate of drug-likeness (QED) is 0.538. The first-order valence-corrected chi connectivity index (χ1v) is 11.7. The number of hydrogen-bond donors (Lipinski definition) is 2. The number of nitrogens with zero attached hydrogens (tertiary/aromatic N) is 2. The molecule has 3 N–H and O–H groups in total. The number of methoxy groups -OCH3 is 1. The van der Waals surface area contributed by atoms with Gasteiger partial charge in [0.1, 0.15) is 18.2 Å². The maximum atomic E-state index is 11.1. The number of anilines is 1. The average Bonchev–Trinajstić information content (AvgIpc) is 3.21. The van der Waals surface area contributed by atoms with Crippen molar-refractivity contribution in [2.24, 2.45) is 5.73 Å². The molecular weight excluding hydrogens is 404 g/mol. The minimum atomic E-state index is -0.459. The van der Waals surface area contributed by atoms with Crippen LogP contribution in [0.2, 0.25) is 0 Å². The molecule has 0 saturated carbocycles. The molecule has 1 heterocycles. The molecule has 1 aliphatic rings. The number of aryl methyl sites for hydroxylation is 3. The SMILES string of the molecule is CCc1nc(-c2cc3c(cc2OC)C(OCC(N)=O)CC3)c(CC)nc1NC(CC)CC. The molecule has 0 fully saturated rings. The molecule has 3 rings (SSSR count). The molecule has 1 aromatic carbocycles. The van der Waals surface area contributed by atoms with Gasteiger partial charge in [-0.25, -0.2) is 9.97 Å². The van der Waals surface area contributed by atoms with Gasteiger partial charge in [-0.1, -0.05) is 27.7 Å². The molecule has 1 aliphatic carbocycles. The summed E-state index contributed by atoms with van der Waals surface area (Å²) in [5.41, 5.74) is 11.3. The molecule has 32 heavy (non-hydrogen) atoms. The Balaban J connectivity index is 2.04. The Kier molecular flexibility index (Phi) is 8.07. The largest absolute Gasteiger partial charge is 0.496 e. The summed E-state index contributed by atoms with van der Waals surface area (Å²) in [6.45, 7) is 8.51. The zero-order valence-electron chi connectivity index (χ0n) is 20.0. The second-order valence-corrected chi connectivity index (χ2v) is 8.24. The number of nitrogens with one attached hydrogen (secondary N) is 1. The maximum Gasteiger partial charge on any atom is 0.243 e. The Labute approximate surface area is 191 Å². The molecule has 0 radical (unpaired) electrons. The molecule has 0 saturated heterocycles. The zero-order chi connectivity index (χ0) is 23.3. The van der Waals surface area contributed by atoms with Crippen molar-refractivity contribution in [3.05, 3.63) is 34.6 Å². The number of aromatic nitrogens is 2. The van der Waals surface area contributed by atoms with Crippen molar-refractivity contribution in [3.63, 3.8) is 0 Å². The highest BCUT2D eigenvalue weighted by atomic mass is 16.5. The summed E-state index contributed by atoms with van der Waals surface area (Å²) in [6, 6.07) is 4.56. The van der Waals surface area contributed by atoms with Crippen molar-refractivity contribution in [2.45, 2.75) is 78.4 Å². The van der Waals surface area contributed by atoms with Crippen LogP contribution < -0.4 is 15.8 Å². The van der Waals surface area contributed by atoms with E-state index in [9.17, 15) is 4.79 Å². The summed E-state index contributed by atoms with van der Waals surface area (Å²) in [6.07, 6.45) is 5.20. The van der Waals surface area contributed by atoms with E-state index in [0.29, 0.717) is 6.04 Å². The third-order valence-electron chi connectivity index (χ3n) is 6.20. The van der Waals surface area contributed by atoms with Crippen LogP contribution in [0, 0.1) is 0 Å². The average molecular weight is 441 g/mol. The number of fused-ring (bicyclic) bond motifs is 1. The van der Waals surface area contributed by atoms with Crippen molar-refractivity contribution in [1.82, 2.24) is 9.97 Å². The molecule has 174 valence electrons. The van der Waals surface area contributed by atoms with Crippen LogP contribution in [0.5, 0.6) is 5.75 Å². The van der Waals surface area contributed by atoms with Crippen molar-refractivity contribution in [1.29, 1.82) is 0 Å². The van der Waals surface area contributed by atoms with Crippen molar-refractivity contribution in [2.75, 3.05) is 19.0 Å². The molecule has 1 amide bonds. The van der Waals surface area contributed by atoms with Crippen LogP contribution >= 0.6 is 0 Å². The van der Waals surface area contributed by atoms with Gasteiger partial charge in [0.2, 0.25) is 5.91 Å². The lowest BCUT2D eigenvalue weighted by molar-refractivity contribution is -0.124. The van der Waals surface area contributed by atoms with Gasteiger partial charge in [0.05, 0.1) is 30.3 Å². The fourth-order valence-electron chi connectivity index (χ4n) is 4.32. The minimum absolute atomic E-state index is 0.0789. The second-order valence-electron chi connectivity index (χ2n) is 8.24. The van der Waals surface area contributed by atoms with Gasteiger partial charge < -0.3 is 20.5 Å². The predicted molar refractivity (Wildman–Crippen MR) is 127 cm³/mol. The fourth-order valence-corrected chi connectivity index (χ4v) is 4.32. The first-order valence-electron chi connectivity index (χ1n) is 11.7. The highest BCUT2D eigenvalue weighted by Crippen LogP contribution is 2.42. The van der Waals surface area contributed by atoms with Crippen LogP contribution in [0.1, 0.15) is 75.6 Å². The first kappa shape index (κ1) is 24.0. The van der Waals surface area contributed by atoms with E-state index >= 15 is 0 Å². The standard InChI is InChI=1S/C25H36N4O3/c1-6-16(7-2)27-25-20(9-4)28-24(19(8-3)29-25)18-12-15-10-11-21(32-14-23(26)30)17(15)13-22(18)31-5/h12-13,16,21H,6-11,14H2,1-5H3,(H2,26,30)(H,27,29). The molecule has 2 aromatic rings. The zero-order valence-corrected chi connectivity index (χ0v) is 20.0. The van der Waals surface area contributed by atoms with Gasteiger partial charge in [-0.05, 0) is 61.8 Å². The Bertz CT molecular complexity index is 957. The van der Waals surface area contributed by atoms with E-state index in [4.69, 9.17) is 25.2 Å². The van der Waals surface area contributed by atoms with Crippen molar-refractivity contribution < 1.29 is 14.3 Å². The highest BCUT2D eigenvalue weighted by molar-refractivity contribution is 5.75. The third-order valence-corrected chi connectivity index (χ3v) is 6.20. The summed E-state index contributed by atoms with van der Waals surface area (Å²) in [5, 5.41) is 3.59. The Morgan fingerprint density at radius 3 is 2.47 bits per heavy atom. The lowest BCUT2D eigenvalue weighted by Crippen LogP contribution is -2.20. The van der Waals surface area contributed by atoms with Crippen molar-refractivity contribution >= 4 is 11.7 Å². The molecule has 1 unspecified atom stereocenters. The van der Waals surface area contributed by atoms with E-state index in [0.717, 1.165) is 78.3 Å². The summed E-state index contributed by atoms with van der Waals surface area (Å²) in [7, 11) is 1.67. The van der Waals surface area contributed by atoms with Gasteiger partial charge in [0, 0.05) is 11.6 Å². The van der Waals surface area contributed by atoms with Crippen LogP contribution in [-0.4, -0.2) is 35.6 Å². The van der Waals surface area contributed by atoms with Crippen LogP contribution in [0.3, 0.4) is 0 Å². The number of amides is 1. The number of carbonyl (C=O) groups excluding carboxylic acids is 1. The van der Waals surface area contributed by atoms with Crippen LogP contribution in [-0.2, 0) is 28.8 Å². The van der Waals surface area contributed by atoms with Gasteiger partial charge in [-0.3, -0.25) is 4.79 Å². The van der Waals surface area contributed by atoms with Crippen LogP contribution in [0.15, 0.2) is 12.1 Å². The smallest absolute Gasteiger partial charge is 0.243 e. The number of rotatable bonds is 11. The van der Waals surface area contributed by atoms with Gasteiger partial charge >= 0.3 is 0 Å². The number of hydrogen-bond acceptors (Lipinski definition) is 6. The summed E-state index contributed by atoms with van der Waals surface area (Å²) < 4.78 is 11.5. The van der Waals surface area contributed by atoms with Crippen LogP contribution in [0.25, 0.3) is 11.3 Å². The van der Waals surface area contributed by atoms with Crippen molar-refractivity contribution in [3.8, 4) is 17.0 Å². The third kappa shape index (κ3) is 5.04. The molecule has 0 bridgehead atoms. The van der Waals surface area contributed by atoms with Gasteiger partial charge in [-0.15, -0.1) is 0 Å². The minimum Gasteiger partial charge on any atom is -0.496 e. The molecule has 7 heteroatoms. The van der Waals surface area contributed by atoms with E-state index < -0.39 is 5.91 Å². The lowest BCUT2D eigenvalue weighted by Gasteiger charge is -2.21. The maximum absolute atomic E-state index is 11.1. The fraction of sp³-hybridized carbons (Fsp3) is 0.560. The molecular formula is C25H36N4O3. The second kappa shape index (κ2) is 10.8. The number of benzene rings is 1. The summed E-state index contributed by atoms with van der Waals surface area (Å²) in [5.74, 6) is 1.17. The van der Waals surface area contributed by atoms with E-state index in [1.807, 2.05) is 6.07 Å².